The molecule has 3 fully saturated rings. The smallest absolute Gasteiger partial charge is 0.332 e. The number of anilines is 1. The Morgan fingerprint density at radius 1 is 1.29 bits per heavy atom. The molecule has 4 heterocycles. The number of hydrogen-bond acceptors (Lipinski definition) is 9. The Hall–Kier alpha value is -3.76. The molecule has 1 aromatic heterocycles. The highest BCUT2D eigenvalue weighted by atomic mass is 32.1. The first-order valence-electron chi connectivity index (χ1n) is 12.5. The molecule has 6 rings (SSSR count). The van der Waals surface area contributed by atoms with Crippen molar-refractivity contribution in [1.82, 2.24) is 30.1 Å². The fourth-order valence-corrected chi connectivity index (χ4v) is 6.48. The Bertz CT molecular complexity index is 1410. The van der Waals surface area contributed by atoms with Crippen LogP contribution in [0.5, 0.6) is 0 Å². The van der Waals surface area contributed by atoms with E-state index in [1.165, 1.54) is 23.4 Å². The number of urea groups is 1. The number of ether oxygens (including phenoxy) is 1. The van der Waals surface area contributed by atoms with Gasteiger partial charge in [0, 0.05) is 20.1 Å². The summed E-state index contributed by atoms with van der Waals surface area (Å²) in [7, 11) is 1.52. The van der Waals surface area contributed by atoms with Gasteiger partial charge in [0.2, 0.25) is 5.91 Å². The predicted molar refractivity (Wildman–Crippen MR) is 141 cm³/mol. The van der Waals surface area contributed by atoms with Crippen LogP contribution in [0.2, 0.25) is 0 Å². The van der Waals surface area contributed by atoms with Gasteiger partial charge < -0.3 is 20.7 Å². The molecular formula is C26H28N8O3S. The van der Waals surface area contributed by atoms with Crippen LogP contribution in [0.3, 0.4) is 0 Å². The third-order valence-electron chi connectivity index (χ3n) is 7.40. The largest absolute Gasteiger partial charge is 0.375 e. The molecule has 0 aliphatic carbocycles. The van der Waals surface area contributed by atoms with Crippen LogP contribution in [-0.4, -0.2) is 88.0 Å². The molecule has 0 spiro atoms. The van der Waals surface area contributed by atoms with Gasteiger partial charge in [-0.15, -0.1) is 0 Å². The first kappa shape index (κ1) is 24.6. The van der Waals surface area contributed by atoms with Crippen molar-refractivity contribution >= 4 is 38.6 Å². The zero-order chi connectivity index (χ0) is 26.4. The maximum atomic E-state index is 13.5. The molecule has 3 aliphatic heterocycles. The number of fused-ring (bicyclic) bond motifs is 3. The molecule has 2 aromatic carbocycles. The van der Waals surface area contributed by atoms with E-state index in [0.29, 0.717) is 24.6 Å². The molecule has 2 unspecified atom stereocenters. The summed E-state index contributed by atoms with van der Waals surface area (Å²) < 4.78 is 7.26. The number of hydrogen-bond donors (Lipinski definition) is 2. The summed E-state index contributed by atoms with van der Waals surface area (Å²) in [5, 5.41) is 15.6. The standard InChI is InChI=1S/C26H28N8O3S/c1-29-26(36)32(11-10-27)33-15-21(35)34-18(12-16-6-3-2-4-7-16)23-24(37-23)31(14-20(33)34)13-17-8-5-9-19-22(17)30-25(28)38-19/h2-9,18,20,23-24H,11-15H2,1H3,(H2,28,30)(H,29,36)/t18-,20+,23?,24?/m0/s1. The summed E-state index contributed by atoms with van der Waals surface area (Å²) in [6.07, 6.45) is -0.173. The third kappa shape index (κ3) is 4.33. The number of carbonyl (C=O) groups excluding carboxylic acids is 2. The molecule has 4 atom stereocenters. The minimum absolute atomic E-state index is 0.00842. The van der Waals surface area contributed by atoms with Gasteiger partial charge in [0.25, 0.3) is 0 Å². The molecular weight excluding hydrogens is 504 g/mol. The Balaban J connectivity index is 1.37. The van der Waals surface area contributed by atoms with Gasteiger partial charge in [-0.3, -0.25) is 9.69 Å². The van der Waals surface area contributed by atoms with Crippen molar-refractivity contribution in [3.8, 4) is 6.07 Å². The van der Waals surface area contributed by atoms with Crippen molar-refractivity contribution in [1.29, 1.82) is 5.26 Å². The molecule has 0 radical (unpaired) electrons. The van der Waals surface area contributed by atoms with Gasteiger partial charge in [-0.25, -0.2) is 14.8 Å². The van der Waals surface area contributed by atoms with E-state index in [0.717, 1.165) is 21.3 Å². The van der Waals surface area contributed by atoms with Crippen molar-refractivity contribution in [2.45, 2.75) is 37.5 Å². The van der Waals surface area contributed by atoms with Crippen molar-refractivity contribution in [3.63, 3.8) is 0 Å². The lowest BCUT2D eigenvalue weighted by atomic mass is 10.0. The summed E-state index contributed by atoms with van der Waals surface area (Å²) in [5.74, 6) is -0.0896. The fourth-order valence-electron chi connectivity index (χ4n) is 5.70. The van der Waals surface area contributed by atoms with Crippen LogP contribution in [0, 0.1) is 11.3 Å². The quantitative estimate of drug-likeness (QED) is 0.361. The minimum atomic E-state index is -0.446. The Kier molecular flexibility index (Phi) is 6.37. The highest BCUT2D eigenvalue weighted by Crippen LogP contribution is 2.41. The van der Waals surface area contributed by atoms with Crippen LogP contribution < -0.4 is 11.1 Å². The monoisotopic (exact) mass is 532 g/mol. The normalized spacial score (nSPS) is 24.9. The number of epoxide rings is 1. The van der Waals surface area contributed by atoms with Crippen molar-refractivity contribution in [2.75, 3.05) is 32.4 Å². The second-order valence-electron chi connectivity index (χ2n) is 9.64. The van der Waals surface area contributed by atoms with E-state index in [4.69, 9.17) is 10.5 Å². The van der Waals surface area contributed by atoms with Crippen LogP contribution in [0.25, 0.3) is 10.2 Å². The lowest BCUT2D eigenvalue weighted by molar-refractivity contribution is -0.131. The molecule has 3 aliphatic rings. The molecule has 12 heteroatoms. The molecule has 3 saturated heterocycles. The number of benzene rings is 2. The van der Waals surface area contributed by atoms with Crippen LogP contribution in [0.1, 0.15) is 11.1 Å². The van der Waals surface area contributed by atoms with Crippen LogP contribution >= 0.6 is 11.3 Å². The molecule has 11 nitrogen and oxygen atoms in total. The minimum Gasteiger partial charge on any atom is -0.375 e. The van der Waals surface area contributed by atoms with Gasteiger partial charge >= 0.3 is 6.03 Å². The molecule has 3 N–H and O–H groups in total. The van der Waals surface area contributed by atoms with Crippen molar-refractivity contribution in [2.24, 2.45) is 0 Å². The van der Waals surface area contributed by atoms with Crippen LogP contribution in [0.15, 0.2) is 48.5 Å². The van der Waals surface area contributed by atoms with E-state index in [1.807, 2.05) is 53.4 Å². The van der Waals surface area contributed by atoms with Crippen LogP contribution in [-0.2, 0) is 22.5 Å². The van der Waals surface area contributed by atoms with Gasteiger partial charge in [0.1, 0.15) is 25.0 Å². The molecule has 196 valence electrons. The molecule has 3 aromatic rings. The Morgan fingerprint density at radius 2 is 2.11 bits per heavy atom. The van der Waals surface area contributed by atoms with E-state index in [9.17, 15) is 14.9 Å². The highest BCUT2D eigenvalue weighted by Gasteiger charge is 2.59. The van der Waals surface area contributed by atoms with E-state index in [-0.39, 0.29) is 37.4 Å². The summed E-state index contributed by atoms with van der Waals surface area (Å²) in [6.45, 7) is 0.827. The number of carbonyl (C=O) groups is 2. The van der Waals surface area contributed by atoms with Crippen LogP contribution in [0.4, 0.5) is 9.93 Å². The molecule has 0 bridgehead atoms. The first-order valence-corrected chi connectivity index (χ1v) is 13.3. The molecule has 3 amide bonds. The fraction of sp³-hybridized carbons (Fsp3) is 0.385. The second kappa shape index (κ2) is 9.85. The number of hydrazine groups is 1. The number of rotatable bonds is 6. The van der Waals surface area contributed by atoms with E-state index in [1.54, 1.807) is 5.01 Å². The van der Waals surface area contributed by atoms with E-state index >= 15 is 0 Å². The second-order valence-corrected chi connectivity index (χ2v) is 10.7. The number of nitrogen functional groups attached to an aromatic ring is 1. The number of para-hydroxylation sites is 1. The Morgan fingerprint density at radius 3 is 2.87 bits per heavy atom. The summed E-state index contributed by atoms with van der Waals surface area (Å²) in [5.41, 5.74) is 8.99. The SMILES string of the molecule is CNC(=O)N(CC#N)N1CC(=O)N2[C@@H](Cc3ccccc3)C3OC3N(Cc3cccc4sc(N)nc34)C[C@@H]21. The zero-order valence-electron chi connectivity index (χ0n) is 20.9. The predicted octanol–water partition coefficient (Wildman–Crippen LogP) is 1.58. The number of amides is 3. The topological polar surface area (TPSA) is 134 Å². The summed E-state index contributed by atoms with van der Waals surface area (Å²) in [6, 6.07) is 17.5. The van der Waals surface area contributed by atoms with Gasteiger partial charge in [-0.1, -0.05) is 53.8 Å². The van der Waals surface area contributed by atoms with E-state index < -0.39 is 12.2 Å². The molecule has 0 saturated carbocycles. The lowest BCUT2D eigenvalue weighted by Crippen LogP contribution is -2.58. The maximum absolute atomic E-state index is 13.5. The molecule has 38 heavy (non-hydrogen) atoms. The number of nitriles is 1. The first-order chi connectivity index (χ1) is 18.5. The number of nitrogens with two attached hydrogens (primary N) is 1. The van der Waals surface area contributed by atoms with Gasteiger partial charge in [-0.05, 0) is 23.6 Å². The lowest BCUT2D eigenvalue weighted by Gasteiger charge is -2.39. The van der Waals surface area contributed by atoms with Crippen molar-refractivity contribution < 1.29 is 14.3 Å². The maximum Gasteiger partial charge on any atom is 0.332 e. The number of nitrogens with one attached hydrogen (secondary N) is 1. The summed E-state index contributed by atoms with van der Waals surface area (Å²) >= 11 is 1.45. The van der Waals surface area contributed by atoms with Gasteiger partial charge in [0.15, 0.2) is 5.13 Å². The number of thiazole rings is 1. The average molecular weight is 533 g/mol. The Labute approximate surface area is 223 Å². The third-order valence-corrected chi connectivity index (χ3v) is 8.25. The zero-order valence-corrected chi connectivity index (χ0v) is 21.7. The number of aromatic nitrogens is 1. The highest BCUT2D eigenvalue weighted by molar-refractivity contribution is 7.22. The van der Waals surface area contributed by atoms with Gasteiger partial charge in [-0.2, -0.15) is 10.3 Å². The number of nitrogens with zero attached hydrogens (tertiary/aromatic N) is 6. The van der Waals surface area contributed by atoms with Gasteiger partial charge in [0.05, 0.1) is 28.9 Å². The average Bonchev–Trinajstić information content (AvgIpc) is 3.54. The van der Waals surface area contributed by atoms with Crippen molar-refractivity contribution in [3.05, 3.63) is 59.7 Å². The van der Waals surface area contributed by atoms with E-state index in [2.05, 4.69) is 21.3 Å². The summed E-state index contributed by atoms with van der Waals surface area (Å²) in [4.78, 5) is 34.9.